The number of Topliss-reactive ketones (excluding diaryl/α,β-unsaturated/α-hetero) is 1. The molecule has 3 nitrogen and oxygen atoms in total. The summed E-state index contributed by atoms with van der Waals surface area (Å²) in [6.07, 6.45) is 6.75. The molecule has 0 saturated heterocycles. The molecule has 0 aliphatic heterocycles. The number of carbonyl (C=O) groups excluding carboxylic acids is 1. The third kappa shape index (κ3) is 3.04. The standard InChI is InChI=1S/C18H31NO2S/c1-13(10-12-22(19,21)17(2,3)4)14-8-9-15-16(20)7-6-11-18(14,15)5/h8,13,15,19H,6-7,9-12H2,1-5H3. The first-order valence-corrected chi connectivity index (χ1v) is 10.2. The summed E-state index contributed by atoms with van der Waals surface area (Å²) >= 11 is 0. The molecule has 1 fully saturated rings. The number of carbonyl (C=O) groups is 1. The second kappa shape index (κ2) is 5.77. The minimum absolute atomic E-state index is 0.0133. The molecule has 4 unspecified atom stereocenters. The lowest BCUT2D eigenvalue weighted by molar-refractivity contribution is -0.128. The van der Waals surface area contributed by atoms with Crippen molar-refractivity contribution in [2.75, 3.05) is 5.75 Å². The van der Waals surface area contributed by atoms with E-state index in [1.54, 1.807) is 0 Å². The first kappa shape index (κ1) is 17.7. The van der Waals surface area contributed by atoms with Crippen molar-refractivity contribution in [3.05, 3.63) is 11.6 Å². The zero-order chi connectivity index (χ0) is 16.8. The predicted octanol–water partition coefficient (Wildman–Crippen LogP) is 4.56. The maximum Gasteiger partial charge on any atom is 0.137 e. The monoisotopic (exact) mass is 325 g/mol. The van der Waals surface area contributed by atoms with Crippen LogP contribution >= 0.6 is 0 Å². The normalized spacial score (nSPS) is 33.0. The van der Waals surface area contributed by atoms with Crippen LogP contribution in [-0.2, 0) is 14.5 Å². The zero-order valence-corrected chi connectivity index (χ0v) is 15.5. The molecule has 0 amide bonds. The number of nitrogens with one attached hydrogen (secondary N) is 1. The van der Waals surface area contributed by atoms with Crippen molar-refractivity contribution < 1.29 is 9.00 Å². The molecular formula is C18H31NO2S. The van der Waals surface area contributed by atoms with Gasteiger partial charge in [0.2, 0.25) is 0 Å². The second-order valence-corrected chi connectivity index (χ2v) is 11.4. The summed E-state index contributed by atoms with van der Waals surface area (Å²) in [7, 11) is -2.58. The molecule has 1 N–H and O–H groups in total. The predicted molar refractivity (Wildman–Crippen MR) is 92.4 cm³/mol. The van der Waals surface area contributed by atoms with Crippen LogP contribution in [0.4, 0.5) is 0 Å². The Hall–Kier alpha value is -0.640. The number of hydrogen-bond donors (Lipinski definition) is 1. The van der Waals surface area contributed by atoms with E-state index < -0.39 is 14.5 Å². The molecule has 2 rings (SSSR count). The Morgan fingerprint density at radius 2 is 2.09 bits per heavy atom. The highest BCUT2D eigenvalue weighted by atomic mass is 32.2. The SMILES string of the molecule is CC(CCS(=N)(=O)C(C)(C)C)C1=CCC2C(=O)CCCC12C. The first-order chi connectivity index (χ1) is 9.99. The fourth-order valence-electron chi connectivity index (χ4n) is 4.12. The molecule has 0 radical (unpaired) electrons. The Bertz CT molecular complexity index is 583. The Kier molecular flexibility index (Phi) is 4.65. The van der Waals surface area contributed by atoms with Gasteiger partial charge in [0.25, 0.3) is 0 Å². The molecular weight excluding hydrogens is 294 g/mol. The highest BCUT2D eigenvalue weighted by molar-refractivity contribution is 7.93. The summed E-state index contributed by atoms with van der Waals surface area (Å²) in [6.45, 7) is 10.1. The minimum atomic E-state index is -2.58. The number of allylic oxidation sites excluding steroid dienone is 2. The van der Waals surface area contributed by atoms with Gasteiger partial charge in [0.15, 0.2) is 0 Å². The summed E-state index contributed by atoms with van der Waals surface area (Å²) in [5.41, 5.74) is 1.40. The molecule has 0 spiro atoms. The molecule has 22 heavy (non-hydrogen) atoms. The molecule has 2 aliphatic rings. The van der Waals surface area contributed by atoms with Crippen LogP contribution in [0.15, 0.2) is 11.6 Å². The van der Waals surface area contributed by atoms with Gasteiger partial charge in [0, 0.05) is 32.6 Å². The first-order valence-electron chi connectivity index (χ1n) is 8.48. The quantitative estimate of drug-likeness (QED) is 0.770. The van der Waals surface area contributed by atoms with E-state index in [4.69, 9.17) is 4.78 Å². The number of fused-ring (bicyclic) bond motifs is 1. The molecule has 0 bridgehead atoms. The van der Waals surface area contributed by atoms with Crippen LogP contribution in [-0.4, -0.2) is 20.5 Å². The van der Waals surface area contributed by atoms with E-state index in [0.29, 0.717) is 17.5 Å². The summed E-state index contributed by atoms with van der Waals surface area (Å²) in [4.78, 5) is 12.2. The third-order valence-corrected chi connectivity index (χ3v) is 8.66. The Morgan fingerprint density at radius 3 is 2.68 bits per heavy atom. The van der Waals surface area contributed by atoms with Gasteiger partial charge in [0.05, 0.1) is 0 Å². The minimum Gasteiger partial charge on any atom is -0.299 e. The molecule has 0 aromatic heterocycles. The summed E-state index contributed by atoms with van der Waals surface area (Å²) in [5.74, 6) is 1.35. The smallest absolute Gasteiger partial charge is 0.137 e. The molecule has 4 heteroatoms. The van der Waals surface area contributed by atoms with Crippen LogP contribution in [0.25, 0.3) is 0 Å². The second-order valence-electron chi connectivity index (χ2n) is 8.37. The number of hydrogen-bond acceptors (Lipinski definition) is 3. The van der Waals surface area contributed by atoms with Crippen molar-refractivity contribution in [2.24, 2.45) is 17.3 Å². The summed E-state index contributed by atoms with van der Waals surface area (Å²) in [6, 6.07) is 0. The molecule has 0 aromatic carbocycles. The van der Waals surface area contributed by atoms with Crippen LogP contribution in [0.3, 0.4) is 0 Å². The number of rotatable bonds is 4. The average Bonchev–Trinajstić information content (AvgIpc) is 2.73. The highest BCUT2D eigenvalue weighted by Crippen LogP contribution is 2.53. The van der Waals surface area contributed by atoms with Gasteiger partial charge in [-0.1, -0.05) is 25.5 Å². The van der Waals surface area contributed by atoms with Crippen molar-refractivity contribution in [3.8, 4) is 0 Å². The van der Waals surface area contributed by atoms with Gasteiger partial charge >= 0.3 is 0 Å². The van der Waals surface area contributed by atoms with E-state index in [1.807, 2.05) is 20.8 Å². The van der Waals surface area contributed by atoms with Gasteiger partial charge in [-0.2, -0.15) is 0 Å². The van der Waals surface area contributed by atoms with E-state index in [1.165, 1.54) is 5.57 Å². The maximum atomic E-state index is 12.5. The fraction of sp³-hybridized carbons (Fsp3) is 0.833. The fourth-order valence-corrected chi connectivity index (χ4v) is 5.42. The van der Waals surface area contributed by atoms with Crippen molar-refractivity contribution >= 4 is 15.5 Å². The molecule has 0 aromatic rings. The lowest BCUT2D eigenvalue weighted by Crippen LogP contribution is -2.37. The van der Waals surface area contributed by atoms with Gasteiger partial charge in [-0.25, -0.2) is 4.21 Å². The zero-order valence-electron chi connectivity index (χ0n) is 14.7. The van der Waals surface area contributed by atoms with E-state index >= 15 is 0 Å². The molecule has 2 aliphatic carbocycles. The van der Waals surface area contributed by atoms with Gasteiger partial charge in [-0.05, 0) is 57.8 Å². The Balaban J connectivity index is 2.08. The molecule has 1 saturated carbocycles. The Labute approximate surface area is 135 Å². The third-order valence-electron chi connectivity index (χ3n) is 5.87. The van der Waals surface area contributed by atoms with Gasteiger partial charge in [0.1, 0.15) is 5.78 Å². The van der Waals surface area contributed by atoms with Crippen molar-refractivity contribution in [1.29, 1.82) is 4.78 Å². The Morgan fingerprint density at radius 1 is 1.45 bits per heavy atom. The summed E-state index contributed by atoms with van der Waals surface area (Å²) in [5, 5.41) is 0. The summed E-state index contributed by atoms with van der Waals surface area (Å²) < 4.78 is 20.2. The van der Waals surface area contributed by atoms with Gasteiger partial charge in [-0.3, -0.25) is 9.57 Å². The van der Waals surface area contributed by atoms with E-state index in [0.717, 1.165) is 32.1 Å². The molecule has 126 valence electrons. The molecule has 0 heterocycles. The topological polar surface area (TPSA) is 58.0 Å². The largest absolute Gasteiger partial charge is 0.299 e. The lowest BCUT2D eigenvalue weighted by Gasteiger charge is -2.40. The van der Waals surface area contributed by atoms with Crippen LogP contribution in [0.5, 0.6) is 0 Å². The number of ketones is 1. The average molecular weight is 326 g/mol. The van der Waals surface area contributed by atoms with Crippen molar-refractivity contribution in [1.82, 2.24) is 0 Å². The maximum absolute atomic E-state index is 12.5. The van der Waals surface area contributed by atoms with Crippen LogP contribution in [0, 0.1) is 22.0 Å². The van der Waals surface area contributed by atoms with Crippen LogP contribution in [0.2, 0.25) is 0 Å². The van der Waals surface area contributed by atoms with Crippen molar-refractivity contribution in [3.63, 3.8) is 0 Å². The van der Waals surface area contributed by atoms with Crippen LogP contribution in [0.1, 0.15) is 66.7 Å². The lowest BCUT2D eigenvalue weighted by atomic mass is 9.63. The van der Waals surface area contributed by atoms with Crippen molar-refractivity contribution in [2.45, 2.75) is 71.5 Å². The van der Waals surface area contributed by atoms with E-state index in [2.05, 4.69) is 19.9 Å². The van der Waals surface area contributed by atoms with Gasteiger partial charge in [-0.15, -0.1) is 0 Å². The van der Waals surface area contributed by atoms with E-state index in [9.17, 15) is 9.00 Å². The van der Waals surface area contributed by atoms with Crippen LogP contribution < -0.4 is 0 Å². The highest BCUT2D eigenvalue weighted by Gasteiger charge is 2.47. The van der Waals surface area contributed by atoms with Gasteiger partial charge < -0.3 is 0 Å². The van der Waals surface area contributed by atoms with E-state index in [-0.39, 0.29) is 11.3 Å². The molecule has 4 atom stereocenters.